The zero-order valence-electron chi connectivity index (χ0n) is 19.2. The third kappa shape index (κ3) is 4.97. The van der Waals surface area contributed by atoms with Crippen LogP contribution in [0.1, 0.15) is 29.5 Å². The molecule has 0 saturated carbocycles. The first-order chi connectivity index (χ1) is 17.0. The third-order valence-electron chi connectivity index (χ3n) is 6.41. The number of fused-ring (bicyclic) bond motifs is 2. The van der Waals surface area contributed by atoms with E-state index in [2.05, 4.69) is 9.88 Å². The van der Waals surface area contributed by atoms with E-state index in [-0.39, 0.29) is 30.6 Å². The Labute approximate surface area is 202 Å². The Kier molecular flexibility index (Phi) is 6.37. The van der Waals surface area contributed by atoms with E-state index in [0.717, 1.165) is 41.0 Å². The second kappa shape index (κ2) is 9.76. The first-order valence-electron chi connectivity index (χ1n) is 11.7. The molecule has 2 aliphatic heterocycles. The van der Waals surface area contributed by atoms with Crippen molar-refractivity contribution in [2.24, 2.45) is 0 Å². The van der Waals surface area contributed by atoms with Crippen molar-refractivity contribution in [3.63, 3.8) is 0 Å². The van der Waals surface area contributed by atoms with Crippen LogP contribution in [0.4, 0.5) is 5.69 Å². The van der Waals surface area contributed by atoms with E-state index in [4.69, 9.17) is 14.6 Å². The molecule has 0 amide bonds. The molecule has 1 fully saturated rings. The topological polar surface area (TPSA) is 109 Å². The highest BCUT2D eigenvalue weighted by molar-refractivity contribution is 5.85. The van der Waals surface area contributed by atoms with E-state index in [9.17, 15) is 14.4 Å². The molecule has 180 valence electrons. The van der Waals surface area contributed by atoms with Crippen LogP contribution in [0.5, 0.6) is 11.5 Å². The van der Waals surface area contributed by atoms with Gasteiger partial charge in [0.15, 0.2) is 0 Å². The summed E-state index contributed by atoms with van der Waals surface area (Å²) < 4.78 is 11.8. The standard InChI is InChI=1S/C27H26N2O6/c30-20(7-8-26(32)33)13-17-3-2-6-24-22(17)14-18-4-1-5-21(27(18)35-24)23-15-19(16-25(31)28-23)29-9-11-34-12-10-29/h1-6,15-16H,7-14H2,(H,28,31)(H,32,33). The molecule has 0 spiro atoms. The van der Waals surface area contributed by atoms with Gasteiger partial charge in [0, 0.05) is 60.8 Å². The molecule has 1 saturated heterocycles. The largest absolute Gasteiger partial charge is 0.481 e. The quantitative estimate of drug-likeness (QED) is 0.422. The van der Waals surface area contributed by atoms with Crippen LogP contribution in [0.15, 0.2) is 53.3 Å². The minimum atomic E-state index is -0.978. The van der Waals surface area contributed by atoms with Crippen LogP contribution in [0.25, 0.3) is 11.3 Å². The van der Waals surface area contributed by atoms with E-state index in [1.165, 1.54) is 0 Å². The van der Waals surface area contributed by atoms with E-state index < -0.39 is 5.97 Å². The maximum absolute atomic E-state index is 12.5. The minimum absolute atomic E-state index is 0.00738. The van der Waals surface area contributed by atoms with Gasteiger partial charge in [0.05, 0.1) is 25.3 Å². The van der Waals surface area contributed by atoms with Crippen LogP contribution >= 0.6 is 0 Å². The summed E-state index contributed by atoms with van der Waals surface area (Å²) in [6.45, 7) is 2.72. The average molecular weight is 475 g/mol. The van der Waals surface area contributed by atoms with Crippen LogP contribution in [-0.2, 0) is 27.2 Å². The Balaban J connectivity index is 1.45. The van der Waals surface area contributed by atoms with Crippen molar-refractivity contribution in [1.82, 2.24) is 4.98 Å². The van der Waals surface area contributed by atoms with Gasteiger partial charge in [-0.3, -0.25) is 14.4 Å². The number of aromatic amines is 1. The minimum Gasteiger partial charge on any atom is -0.481 e. The number of ether oxygens (including phenoxy) is 2. The number of carboxylic acids is 1. The summed E-state index contributed by atoms with van der Waals surface area (Å²) in [5.41, 5.74) is 4.87. The average Bonchev–Trinajstić information content (AvgIpc) is 2.86. The van der Waals surface area contributed by atoms with Crippen LogP contribution in [-0.4, -0.2) is 48.1 Å². The number of para-hydroxylation sites is 1. The van der Waals surface area contributed by atoms with Crippen molar-refractivity contribution >= 4 is 17.4 Å². The maximum atomic E-state index is 12.5. The molecule has 0 atom stereocenters. The monoisotopic (exact) mass is 474 g/mol. The lowest BCUT2D eigenvalue weighted by molar-refractivity contribution is -0.138. The number of carbonyl (C=O) groups excluding carboxylic acids is 1. The molecular weight excluding hydrogens is 448 g/mol. The molecular formula is C27H26N2O6. The Morgan fingerprint density at radius 2 is 1.83 bits per heavy atom. The predicted molar refractivity (Wildman–Crippen MR) is 130 cm³/mol. The molecule has 8 nitrogen and oxygen atoms in total. The SMILES string of the molecule is O=C(O)CCC(=O)Cc1cccc2c1Cc1cccc(-c3cc(N4CCOCC4)cc(=O)[nH]3)c1O2. The van der Waals surface area contributed by atoms with E-state index >= 15 is 0 Å². The number of benzene rings is 2. The smallest absolute Gasteiger partial charge is 0.303 e. The molecule has 3 aromatic rings. The van der Waals surface area contributed by atoms with Crippen molar-refractivity contribution in [2.45, 2.75) is 25.7 Å². The number of aromatic nitrogens is 1. The highest BCUT2D eigenvalue weighted by Gasteiger charge is 2.24. The van der Waals surface area contributed by atoms with Crippen molar-refractivity contribution in [3.8, 4) is 22.8 Å². The lowest BCUT2D eigenvalue weighted by Crippen LogP contribution is -2.36. The Morgan fingerprint density at radius 3 is 2.63 bits per heavy atom. The molecule has 0 unspecified atom stereocenters. The molecule has 8 heteroatoms. The molecule has 0 aliphatic carbocycles. The van der Waals surface area contributed by atoms with Crippen molar-refractivity contribution in [2.75, 3.05) is 31.2 Å². The summed E-state index contributed by atoms with van der Waals surface area (Å²) in [7, 11) is 0. The molecule has 0 radical (unpaired) electrons. The number of anilines is 1. The van der Waals surface area contributed by atoms with Gasteiger partial charge in [-0.25, -0.2) is 0 Å². The molecule has 35 heavy (non-hydrogen) atoms. The summed E-state index contributed by atoms with van der Waals surface area (Å²) >= 11 is 0. The Morgan fingerprint density at radius 1 is 1.03 bits per heavy atom. The molecule has 2 aromatic carbocycles. The first-order valence-corrected chi connectivity index (χ1v) is 11.7. The zero-order valence-corrected chi connectivity index (χ0v) is 19.2. The fourth-order valence-electron chi connectivity index (χ4n) is 4.66. The van der Waals surface area contributed by atoms with Gasteiger partial charge < -0.3 is 24.5 Å². The van der Waals surface area contributed by atoms with E-state index in [0.29, 0.717) is 36.8 Å². The van der Waals surface area contributed by atoms with Gasteiger partial charge >= 0.3 is 5.97 Å². The van der Waals surface area contributed by atoms with Crippen LogP contribution < -0.4 is 15.2 Å². The number of aliphatic carboxylic acids is 1. The number of hydrogen-bond donors (Lipinski definition) is 2. The number of morpholine rings is 1. The molecule has 0 bridgehead atoms. The van der Waals surface area contributed by atoms with Gasteiger partial charge in [-0.15, -0.1) is 0 Å². The van der Waals surface area contributed by atoms with Crippen molar-refractivity contribution in [3.05, 3.63) is 75.6 Å². The summed E-state index contributed by atoms with van der Waals surface area (Å²) in [4.78, 5) is 40.7. The number of nitrogens with zero attached hydrogens (tertiary/aromatic N) is 1. The normalized spacial score (nSPS) is 14.6. The molecule has 2 aliphatic rings. The van der Waals surface area contributed by atoms with Crippen molar-refractivity contribution in [1.29, 1.82) is 0 Å². The molecule has 1 aromatic heterocycles. The molecule has 3 heterocycles. The Bertz CT molecular complexity index is 1340. The fraction of sp³-hybridized carbons (Fsp3) is 0.296. The lowest BCUT2D eigenvalue weighted by Gasteiger charge is -2.29. The van der Waals surface area contributed by atoms with Crippen LogP contribution in [0.2, 0.25) is 0 Å². The predicted octanol–water partition coefficient (Wildman–Crippen LogP) is 3.55. The van der Waals surface area contributed by atoms with Gasteiger partial charge in [0.2, 0.25) is 5.56 Å². The second-order valence-electron chi connectivity index (χ2n) is 8.79. The van der Waals surface area contributed by atoms with E-state index in [1.807, 2.05) is 42.5 Å². The van der Waals surface area contributed by atoms with Gasteiger partial charge in [-0.2, -0.15) is 0 Å². The molecule has 5 rings (SSSR count). The third-order valence-corrected chi connectivity index (χ3v) is 6.41. The second-order valence-corrected chi connectivity index (χ2v) is 8.79. The zero-order chi connectivity index (χ0) is 24.4. The van der Waals surface area contributed by atoms with Gasteiger partial charge in [0.1, 0.15) is 17.3 Å². The van der Waals surface area contributed by atoms with Gasteiger partial charge in [0.25, 0.3) is 0 Å². The highest BCUT2D eigenvalue weighted by atomic mass is 16.5. The first kappa shape index (κ1) is 22.9. The number of H-pyrrole nitrogens is 1. The number of Topliss-reactive ketones (excluding diaryl/α,β-unsaturated/α-hetero) is 1. The summed E-state index contributed by atoms with van der Waals surface area (Å²) in [6.07, 6.45) is 0.587. The van der Waals surface area contributed by atoms with E-state index in [1.54, 1.807) is 6.07 Å². The number of rotatable bonds is 7. The van der Waals surface area contributed by atoms with Crippen LogP contribution in [0, 0.1) is 0 Å². The number of hydrogen-bond acceptors (Lipinski definition) is 6. The molecule has 2 N–H and O–H groups in total. The number of pyridine rings is 1. The number of ketones is 1. The Hall–Kier alpha value is -3.91. The maximum Gasteiger partial charge on any atom is 0.303 e. The lowest BCUT2D eigenvalue weighted by atomic mass is 9.91. The number of carboxylic acid groups (broad SMARTS) is 1. The van der Waals surface area contributed by atoms with Crippen LogP contribution in [0.3, 0.4) is 0 Å². The fourth-order valence-corrected chi connectivity index (χ4v) is 4.66. The number of nitrogens with one attached hydrogen (secondary N) is 1. The van der Waals surface area contributed by atoms with Gasteiger partial charge in [-0.1, -0.05) is 24.3 Å². The highest BCUT2D eigenvalue weighted by Crippen LogP contribution is 2.43. The summed E-state index contributed by atoms with van der Waals surface area (Å²) in [5.74, 6) is 0.260. The van der Waals surface area contributed by atoms with Crippen molar-refractivity contribution < 1.29 is 24.2 Å². The summed E-state index contributed by atoms with van der Waals surface area (Å²) in [5, 5.41) is 8.86. The number of carbonyl (C=O) groups is 2. The summed E-state index contributed by atoms with van der Waals surface area (Å²) in [6, 6.07) is 15.0. The van der Waals surface area contributed by atoms with Gasteiger partial charge in [-0.05, 0) is 23.8 Å².